The van der Waals surface area contributed by atoms with Gasteiger partial charge in [-0.25, -0.2) is 26.3 Å². The number of benzene rings is 3. The van der Waals surface area contributed by atoms with E-state index in [2.05, 4.69) is 26.2 Å². The molecular weight excluding hydrogens is 724 g/mol. The Bertz CT molecular complexity index is 2480. The molecule has 5 heterocycles. The number of likely N-dealkylation sites (tertiary alicyclic amines) is 1. The van der Waals surface area contributed by atoms with Crippen molar-refractivity contribution in [1.82, 2.24) is 30.0 Å². The minimum absolute atomic E-state index is 0.00989. The monoisotopic (exact) mass is 761 g/mol. The number of nitrogens with zero attached hydrogens (tertiary/aromatic N) is 6. The Labute approximate surface area is 311 Å². The van der Waals surface area contributed by atoms with Crippen LogP contribution in [0.5, 0.6) is 11.8 Å². The fourth-order valence-corrected chi connectivity index (χ4v) is 9.75. The smallest absolute Gasteiger partial charge is 0.319 e. The molecule has 5 fully saturated rings. The number of aryl methyl sites for hydroxylation is 1. The van der Waals surface area contributed by atoms with Crippen molar-refractivity contribution in [2.24, 2.45) is 17.9 Å². The lowest BCUT2D eigenvalue weighted by Gasteiger charge is -2.37. The van der Waals surface area contributed by atoms with Gasteiger partial charge >= 0.3 is 6.01 Å². The lowest BCUT2D eigenvalue weighted by Crippen LogP contribution is -2.52. The molecule has 3 aliphatic heterocycles. The standard InChI is InChI=1S/C40H37F6N7O2/c1-3-25-28(41)7-4-21-12-24(54)13-26(29(21)25)30-32(42)34-31(27-16-51(2)50-33(27)30)35(53-22-5-6-23(53)15-47-14-22)49-36(48-34)55-20-38(18-40(38,45)46)19-52-10-8-37(9-11-52)17-39(37,43)44/h1,4,7,12-13,16,22-23,47,54H,5-6,8-11,14-15,17-20H2,2H3/t22-,23+,38-/m1/s1. The summed E-state index contributed by atoms with van der Waals surface area (Å²) in [7, 11) is 1.68. The van der Waals surface area contributed by atoms with Gasteiger partial charge in [0.05, 0.1) is 16.4 Å². The second-order valence-corrected chi connectivity index (χ2v) is 16.3. The zero-order valence-corrected chi connectivity index (χ0v) is 29.9. The molecule has 2 aliphatic carbocycles. The average molecular weight is 762 g/mol. The molecule has 3 atom stereocenters. The molecule has 5 aliphatic rings. The molecule has 2 aromatic heterocycles. The van der Waals surface area contributed by atoms with E-state index in [1.807, 2.05) is 4.90 Å². The third-order valence-electron chi connectivity index (χ3n) is 13.0. The first-order valence-corrected chi connectivity index (χ1v) is 18.6. The number of anilines is 1. The summed E-state index contributed by atoms with van der Waals surface area (Å²) in [5.41, 5.74) is -2.67. The molecule has 3 saturated heterocycles. The van der Waals surface area contributed by atoms with E-state index in [0.717, 1.165) is 12.8 Å². The lowest BCUT2D eigenvalue weighted by molar-refractivity contribution is -0.000608. The van der Waals surface area contributed by atoms with Crippen LogP contribution < -0.4 is 15.0 Å². The van der Waals surface area contributed by atoms with E-state index in [-0.39, 0.29) is 82.8 Å². The molecule has 3 aromatic carbocycles. The highest BCUT2D eigenvalue weighted by Gasteiger charge is 2.74. The maximum atomic E-state index is 17.6. The number of halogens is 6. The Kier molecular flexibility index (Phi) is 7.32. The quantitative estimate of drug-likeness (QED) is 0.139. The highest BCUT2D eigenvalue weighted by Crippen LogP contribution is 2.67. The summed E-state index contributed by atoms with van der Waals surface area (Å²) in [5, 5.41) is 20.3. The minimum atomic E-state index is -3.07. The summed E-state index contributed by atoms with van der Waals surface area (Å²) in [6.07, 6.45) is 9.10. The number of rotatable bonds is 7. The summed E-state index contributed by atoms with van der Waals surface area (Å²) >= 11 is 0. The molecule has 15 heteroatoms. The molecule has 0 amide bonds. The van der Waals surface area contributed by atoms with Gasteiger partial charge in [-0.1, -0.05) is 12.0 Å². The summed E-state index contributed by atoms with van der Waals surface area (Å²) in [4.78, 5) is 13.4. The van der Waals surface area contributed by atoms with E-state index in [9.17, 15) is 13.9 Å². The van der Waals surface area contributed by atoms with Crippen molar-refractivity contribution < 1.29 is 36.2 Å². The van der Waals surface area contributed by atoms with Crippen LogP contribution in [0.15, 0.2) is 30.5 Å². The van der Waals surface area contributed by atoms with Gasteiger partial charge in [0, 0.05) is 79.6 Å². The highest BCUT2D eigenvalue weighted by atomic mass is 19.3. The SMILES string of the molecule is C#Cc1c(F)ccc2cc(O)cc(-c3c(F)c4nc(OC[C@]5(CN6CCC7(CC6)CC7(F)F)CC5(F)F)nc(N5[C@@H]6CC[C@H]5CNC6)c4c4cn(C)nc34)c12. The fraction of sp³-hybridized carbons (Fsp3) is 0.475. The molecular formula is C40H37F6N7O2. The number of ether oxygens (including phenoxy) is 1. The first-order valence-electron chi connectivity index (χ1n) is 18.6. The molecule has 10 rings (SSSR count). The van der Waals surface area contributed by atoms with Crippen molar-refractivity contribution in [3.8, 4) is 35.2 Å². The molecule has 2 bridgehead atoms. The van der Waals surface area contributed by atoms with E-state index >= 15 is 17.6 Å². The van der Waals surface area contributed by atoms with Crippen molar-refractivity contribution in [2.75, 3.05) is 44.2 Å². The van der Waals surface area contributed by atoms with Gasteiger partial charge in [-0.3, -0.25) is 4.68 Å². The molecule has 9 nitrogen and oxygen atoms in total. The van der Waals surface area contributed by atoms with Crippen LogP contribution in [-0.4, -0.2) is 93.0 Å². The summed E-state index contributed by atoms with van der Waals surface area (Å²) in [6, 6.07) is 5.08. The van der Waals surface area contributed by atoms with Crippen LogP contribution in [0.4, 0.5) is 32.2 Å². The minimum Gasteiger partial charge on any atom is -0.508 e. The van der Waals surface area contributed by atoms with Crippen LogP contribution >= 0.6 is 0 Å². The number of piperidine rings is 1. The number of terminal acetylenes is 1. The molecule has 2 N–H and O–H groups in total. The Morgan fingerprint density at radius 1 is 0.982 bits per heavy atom. The maximum Gasteiger partial charge on any atom is 0.319 e. The second kappa shape index (κ2) is 11.6. The number of piperazine rings is 1. The first kappa shape index (κ1) is 34.7. The fourth-order valence-electron chi connectivity index (χ4n) is 9.75. The predicted molar refractivity (Wildman–Crippen MR) is 194 cm³/mol. The average Bonchev–Trinajstić information content (AvgIpc) is 3.72. The third kappa shape index (κ3) is 5.13. The Balaban J connectivity index is 1.11. The molecule has 286 valence electrons. The molecule has 5 aromatic rings. The van der Waals surface area contributed by atoms with Crippen molar-refractivity contribution in [2.45, 2.75) is 62.5 Å². The predicted octanol–water partition coefficient (Wildman–Crippen LogP) is 6.77. The van der Waals surface area contributed by atoms with Crippen LogP contribution in [0.1, 0.15) is 44.1 Å². The summed E-state index contributed by atoms with van der Waals surface area (Å²) in [5.74, 6) is -4.76. The number of phenols is 1. The molecule has 1 spiro atoms. The Hall–Kier alpha value is -4.81. The number of alkyl halides is 4. The van der Waals surface area contributed by atoms with Gasteiger partial charge in [0.1, 0.15) is 35.0 Å². The number of hydrogen-bond donors (Lipinski definition) is 2. The van der Waals surface area contributed by atoms with E-state index in [1.165, 1.54) is 28.9 Å². The van der Waals surface area contributed by atoms with Crippen molar-refractivity contribution >= 4 is 38.4 Å². The molecule has 0 unspecified atom stereocenters. The second-order valence-electron chi connectivity index (χ2n) is 16.3. The van der Waals surface area contributed by atoms with Crippen LogP contribution in [0.25, 0.3) is 43.7 Å². The van der Waals surface area contributed by atoms with Gasteiger partial charge in [0.15, 0.2) is 5.82 Å². The van der Waals surface area contributed by atoms with Gasteiger partial charge in [-0.15, -0.1) is 6.42 Å². The Morgan fingerprint density at radius 2 is 1.69 bits per heavy atom. The zero-order chi connectivity index (χ0) is 38.2. The Morgan fingerprint density at radius 3 is 2.35 bits per heavy atom. The van der Waals surface area contributed by atoms with E-state index in [4.69, 9.17) is 16.1 Å². The number of fused-ring (bicyclic) bond motifs is 6. The topological polar surface area (TPSA) is 91.6 Å². The molecule has 0 radical (unpaired) electrons. The van der Waals surface area contributed by atoms with E-state index in [1.54, 1.807) is 13.2 Å². The number of hydrogen-bond acceptors (Lipinski definition) is 8. The summed E-state index contributed by atoms with van der Waals surface area (Å²) < 4.78 is 99.0. The maximum absolute atomic E-state index is 17.6. The van der Waals surface area contributed by atoms with Crippen LogP contribution in [0.2, 0.25) is 0 Å². The summed E-state index contributed by atoms with van der Waals surface area (Å²) in [6.45, 7) is 1.38. The van der Waals surface area contributed by atoms with Gasteiger partial charge in [0.25, 0.3) is 11.8 Å². The first-order chi connectivity index (χ1) is 26.2. The van der Waals surface area contributed by atoms with Crippen LogP contribution in [0.3, 0.4) is 0 Å². The number of phenolic OH excluding ortho intramolecular Hbond substituents is 1. The van der Waals surface area contributed by atoms with Gasteiger partial charge in [0.2, 0.25) is 0 Å². The van der Waals surface area contributed by atoms with Gasteiger partial charge in [-0.05, 0) is 67.9 Å². The highest BCUT2D eigenvalue weighted by molar-refractivity contribution is 6.18. The normalized spacial score (nSPS) is 26.3. The van der Waals surface area contributed by atoms with Gasteiger partial charge < -0.3 is 25.0 Å². The molecule has 55 heavy (non-hydrogen) atoms. The third-order valence-corrected chi connectivity index (χ3v) is 13.0. The van der Waals surface area contributed by atoms with Gasteiger partial charge in [-0.2, -0.15) is 15.1 Å². The number of aromatic nitrogens is 4. The number of aromatic hydroxyl groups is 1. The zero-order valence-electron chi connectivity index (χ0n) is 29.9. The lowest BCUT2D eigenvalue weighted by atomic mass is 9.91. The van der Waals surface area contributed by atoms with Crippen molar-refractivity contribution in [3.05, 3.63) is 47.7 Å². The van der Waals surface area contributed by atoms with Crippen LogP contribution in [0, 0.1) is 34.8 Å². The van der Waals surface area contributed by atoms with Crippen molar-refractivity contribution in [3.63, 3.8) is 0 Å². The van der Waals surface area contributed by atoms with E-state index in [0.29, 0.717) is 48.2 Å². The van der Waals surface area contributed by atoms with Crippen molar-refractivity contribution in [1.29, 1.82) is 0 Å². The largest absolute Gasteiger partial charge is 0.508 e. The van der Waals surface area contributed by atoms with E-state index < -0.39 is 47.3 Å². The number of nitrogens with one attached hydrogen (secondary N) is 1. The van der Waals surface area contributed by atoms with Crippen LogP contribution in [-0.2, 0) is 7.05 Å². The molecule has 2 saturated carbocycles.